The van der Waals surface area contributed by atoms with Gasteiger partial charge in [-0.1, -0.05) is 12.1 Å². The maximum absolute atomic E-state index is 12.2. The minimum Gasteiger partial charge on any atom is -0.444 e. The topological polar surface area (TPSA) is 84.7 Å². The Morgan fingerprint density at radius 3 is 2.78 bits per heavy atom. The first-order chi connectivity index (χ1) is 10.8. The van der Waals surface area contributed by atoms with Crippen LogP contribution in [0.15, 0.2) is 24.3 Å². The van der Waals surface area contributed by atoms with Crippen molar-refractivity contribution in [2.75, 3.05) is 18.4 Å². The summed E-state index contributed by atoms with van der Waals surface area (Å²) in [7, 11) is 0. The minimum atomic E-state index is -0.532. The fourth-order valence-electron chi connectivity index (χ4n) is 2.62. The molecule has 1 heterocycles. The Balaban J connectivity index is 2.00. The molecule has 1 atom stereocenters. The summed E-state index contributed by atoms with van der Waals surface area (Å²) in [6.07, 6.45) is 1.43. The number of nitrogens with one attached hydrogen (secondary N) is 1. The van der Waals surface area contributed by atoms with Crippen molar-refractivity contribution in [3.8, 4) is 0 Å². The zero-order valence-electron chi connectivity index (χ0n) is 13.7. The van der Waals surface area contributed by atoms with Crippen LogP contribution >= 0.6 is 0 Å². The molecule has 2 rings (SSSR count). The van der Waals surface area contributed by atoms with Gasteiger partial charge in [-0.25, -0.2) is 4.79 Å². The maximum Gasteiger partial charge on any atom is 0.410 e. The van der Waals surface area contributed by atoms with Crippen molar-refractivity contribution in [3.63, 3.8) is 0 Å². The first-order valence-electron chi connectivity index (χ1n) is 7.75. The van der Waals surface area contributed by atoms with Crippen LogP contribution in [0.1, 0.15) is 33.6 Å². The van der Waals surface area contributed by atoms with Gasteiger partial charge in [-0.05, 0) is 39.7 Å². The molecule has 1 fully saturated rings. The van der Waals surface area contributed by atoms with Crippen molar-refractivity contribution in [3.05, 3.63) is 34.4 Å². The molecular formula is C16H23N3O4. The molecule has 7 heteroatoms. The predicted octanol–water partition coefficient (Wildman–Crippen LogP) is 3.41. The Kier molecular flexibility index (Phi) is 5.08. The summed E-state index contributed by atoms with van der Waals surface area (Å²) >= 11 is 0. The first kappa shape index (κ1) is 17.1. The summed E-state index contributed by atoms with van der Waals surface area (Å²) in [6, 6.07) is 6.49. The third-order valence-electron chi connectivity index (χ3n) is 3.63. The van der Waals surface area contributed by atoms with E-state index in [1.807, 2.05) is 20.8 Å². The molecule has 7 nitrogen and oxygen atoms in total. The summed E-state index contributed by atoms with van der Waals surface area (Å²) in [6.45, 7) is 6.62. The van der Waals surface area contributed by atoms with E-state index in [2.05, 4.69) is 5.32 Å². The van der Waals surface area contributed by atoms with Crippen LogP contribution in [0.25, 0.3) is 0 Å². The molecule has 1 aliphatic heterocycles. The number of carbonyl (C=O) groups is 1. The van der Waals surface area contributed by atoms with Gasteiger partial charge in [-0.3, -0.25) is 10.1 Å². The van der Waals surface area contributed by atoms with Gasteiger partial charge in [-0.2, -0.15) is 0 Å². The molecule has 1 N–H and O–H groups in total. The maximum atomic E-state index is 12.2. The van der Waals surface area contributed by atoms with Crippen LogP contribution in [-0.4, -0.2) is 40.6 Å². The Morgan fingerprint density at radius 2 is 2.13 bits per heavy atom. The number of anilines is 1. The van der Waals surface area contributed by atoms with Crippen LogP contribution < -0.4 is 5.32 Å². The van der Waals surface area contributed by atoms with E-state index in [1.54, 1.807) is 23.1 Å². The number of para-hydroxylation sites is 2. The highest BCUT2D eigenvalue weighted by molar-refractivity contribution is 5.69. The molecule has 0 aromatic heterocycles. The number of ether oxygens (including phenoxy) is 1. The lowest BCUT2D eigenvalue weighted by Crippen LogP contribution is -2.42. The Labute approximate surface area is 135 Å². The van der Waals surface area contributed by atoms with Gasteiger partial charge in [0.25, 0.3) is 5.69 Å². The Morgan fingerprint density at radius 1 is 1.43 bits per heavy atom. The third kappa shape index (κ3) is 4.58. The van der Waals surface area contributed by atoms with E-state index < -0.39 is 10.5 Å². The second kappa shape index (κ2) is 6.85. The van der Waals surface area contributed by atoms with Crippen LogP contribution in [0.3, 0.4) is 0 Å². The van der Waals surface area contributed by atoms with E-state index in [4.69, 9.17) is 4.74 Å². The molecule has 1 aliphatic rings. The zero-order valence-corrected chi connectivity index (χ0v) is 13.7. The van der Waals surface area contributed by atoms with E-state index in [0.29, 0.717) is 18.8 Å². The monoisotopic (exact) mass is 321 g/mol. The second-order valence-corrected chi connectivity index (χ2v) is 6.62. The number of nitro benzene ring substituents is 1. The molecule has 0 spiro atoms. The largest absolute Gasteiger partial charge is 0.444 e. The molecule has 0 aliphatic carbocycles. The van der Waals surface area contributed by atoms with Crippen LogP contribution in [0.5, 0.6) is 0 Å². The molecule has 23 heavy (non-hydrogen) atoms. The number of rotatable bonds is 4. The Hall–Kier alpha value is -2.31. The van der Waals surface area contributed by atoms with Gasteiger partial charge in [-0.15, -0.1) is 0 Å². The van der Waals surface area contributed by atoms with E-state index in [9.17, 15) is 14.9 Å². The molecular weight excluding hydrogens is 298 g/mol. The molecule has 0 saturated carbocycles. The fourth-order valence-corrected chi connectivity index (χ4v) is 2.62. The quantitative estimate of drug-likeness (QED) is 0.678. The van der Waals surface area contributed by atoms with Crippen molar-refractivity contribution >= 4 is 17.5 Å². The van der Waals surface area contributed by atoms with Crippen LogP contribution in [0.2, 0.25) is 0 Å². The molecule has 0 radical (unpaired) electrons. The molecule has 1 aromatic carbocycles. The molecule has 0 unspecified atom stereocenters. The summed E-state index contributed by atoms with van der Waals surface area (Å²) in [5.41, 5.74) is -0.0292. The standard InChI is InChI=1S/C16H23N3O4/c1-16(2,3)23-15(20)18-10-6-7-12(18)11-17-13-8-4-5-9-14(13)19(21)22/h4-5,8-9,12,17H,6-7,10-11H2,1-3H3/t12-/m0/s1. The SMILES string of the molecule is CC(C)(C)OC(=O)N1CCC[C@H]1CNc1ccccc1[N+](=O)[O-]. The second-order valence-electron chi connectivity index (χ2n) is 6.62. The van der Waals surface area contributed by atoms with E-state index in [0.717, 1.165) is 12.8 Å². The molecule has 1 aromatic rings. The van der Waals surface area contributed by atoms with Gasteiger partial charge in [0.2, 0.25) is 0 Å². The lowest BCUT2D eigenvalue weighted by molar-refractivity contribution is -0.384. The molecule has 1 amide bonds. The average molecular weight is 321 g/mol. The van der Waals surface area contributed by atoms with Crippen molar-refractivity contribution in [1.82, 2.24) is 4.90 Å². The predicted molar refractivity (Wildman–Crippen MR) is 87.5 cm³/mol. The van der Waals surface area contributed by atoms with Crippen molar-refractivity contribution in [2.24, 2.45) is 0 Å². The highest BCUT2D eigenvalue weighted by Crippen LogP contribution is 2.25. The van der Waals surface area contributed by atoms with Gasteiger partial charge >= 0.3 is 6.09 Å². The van der Waals surface area contributed by atoms with E-state index in [-0.39, 0.29) is 17.8 Å². The minimum absolute atomic E-state index is 0.0235. The van der Waals surface area contributed by atoms with Gasteiger partial charge < -0.3 is 15.0 Å². The highest BCUT2D eigenvalue weighted by Gasteiger charge is 2.32. The van der Waals surface area contributed by atoms with E-state index in [1.165, 1.54) is 6.07 Å². The summed E-state index contributed by atoms with van der Waals surface area (Å²) in [4.78, 5) is 24.5. The third-order valence-corrected chi connectivity index (χ3v) is 3.63. The van der Waals surface area contributed by atoms with Gasteiger partial charge in [0.1, 0.15) is 11.3 Å². The molecule has 126 valence electrons. The summed E-state index contributed by atoms with van der Waals surface area (Å²) in [5, 5.41) is 14.1. The van der Waals surface area contributed by atoms with Crippen LogP contribution in [-0.2, 0) is 4.74 Å². The summed E-state index contributed by atoms with van der Waals surface area (Å²) in [5.74, 6) is 0. The average Bonchev–Trinajstić information content (AvgIpc) is 2.92. The normalized spacial score (nSPS) is 17.9. The van der Waals surface area contributed by atoms with Gasteiger partial charge in [0.05, 0.1) is 11.0 Å². The van der Waals surface area contributed by atoms with Crippen LogP contribution in [0.4, 0.5) is 16.2 Å². The summed E-state index contributed by atoms with van der Waals surface area (Å²) < 4.78 is 5.42. The van der Waals surface area contributed by atoms with Crippen molar-refractivity contribution < 1.29 is 14.5 Å². The number of likely N-dealkylation sites (tertiary alicyclic amines) is 1. The number of amides is 1. The van der Waals surface area contributed by atoms with Crippen molar-refractivity contribution in [1.29, 1.82) is 0 Å². The number of nitrogens with zero attached hydrogens (tertiary/aromatic N) is 2. The number of nitro groups is 1. The number of hydrogen-bond donors (Lipinski definition) is 1. The first-order valence-corrected chi connectivity index (χ1v) is 7.75. The van der Waals surface area contributed by atoms with Gasteiger partial charge in [0, 0.05) is 19.2 Å². The molecule has 0 bridgehead atoms. The molecule has 1 saturated heterocycles. The van der Waals surface area contributed by atoms with Crippen LogP contribution in [0, 0.1) is 10.1 Å². The highest BCUT2D eigenvalue weighted by atomic mass is 16.6. The number of benzene rings is 1. The van der Waals surface area contributed by atoms with Crippen molar-refractivity contribution in [2.45, 2.75) is 45.3 Å². The lowest BCUT2D eigenvalue weighted by Gasteiger charge is -2.28. The Bertz CT molecular complexity index is 583. The lowest BCUT2D eigenvalue weighted by atomic mass is 10.2. The van der Waals surface area contributed by atoms with Gasteiger partial charge in [0.15, 0.2) is 0 Å². The van der Waals surface area contributed by atoms with E-state index >= 15 is 0 Å². The smallest absolute Gasteiger partial charge is 0.410 e. The number of hydrogen-bond acceptors (Lipinski definition) is 5. The fraction of sp³-hybridized carbons (Fsp3) is 0.562. The number of carbonyl (C=O) groups excluding carboxylic acids is 1. The zero-order chi connectivity index (χ0) is 17.0.